The summed E-state index contributed by atoms with van der Waals surface area (Å²) in [5.74, 6) is 0.769. The van der Waals surface area contributed by atoms with Gasteiger partial charge in [0.2, 0.25) is 0 Å². The van der Waals surface area contributed by atoms with Gasteiger partial charge in [-0.25, -0.2) is 0 Å². The minimum atomic E-state index is -0.330. The smallest absolute Gasteiger partial charge is 0.306 e. The number of aryl methyl sites for hydroxylation is 1. The van der Waals surface area contributed by atoms with Crippen LogP contribution in [-0.2, 0) is 24.4 Å². The topological polar surface area (TPSA) is 54.0 Å². The normalized spacial score (nSPS) is 17.2. The summed E-state index contributed by atoms with van der Waals surface area (Å²) in [6.45, 7) is 11.6. The van der Waals surface area contributed by atoms with Crippen LogP contribution in [0.3, 0.4) is 0 Å². The molecular formula is C36H54O5. The van der Waals surface area contributed by atoms with Crippen molar-refractivity contribution < 1.29 is 23.7 Å². The average molecular weight is 567 g/mol. The molecule has 0 N–H and O–H groups in total. The van der Waals surface area contributed by atoms with E-state index in [1.807, 2.05) is 6.92 Å². The molecule has 0 bridgehead atoms. The van der Waals surface area contributed by atoms with Crippen LogP contribution in [0.25, 0.3) is 0 Å². The Morgan fingerprint density at radius 3 is 2.05 bits per heavy atom. The third-order valence-electron chi connectivity index (χ3n) is 8.62. The maximum absolute atomic E-state index is 12.9. The standard InChI is InChI=1S/C36H54O5/c1-28-14-16-30(17-15-28)36(5,24-22-34(37)40-29(2)23-26-39-35(3,4)25-27-38-6)31-18-20-33(21-19-31)41-32-12-10-8-7-9-11-13-32/h14-21,29,32H,7-13,22-27H2,1-6H3. The van der Waals surface area contributed by atoms with Crippen LogP contribution < -0.4 is 4.74 Å². The van der Waals surface area contributed by atoms with Crippen LogP contribution in [0, 0.1) is 6.92 Å². The lowest BCUT2D eigenvalue weighted by atomic mass is 9.73. The number of methoxy groups -OCH3 is 1. The van der Waals surface area contributed by atoms with Crippen molar-refractivity contribution in [3.63, 3.8) is 0 Å². The Morgan fingerprint density at radius 1 is 0.854 bits per heavy atom. The van der Waals surface area contributed by atoms with E-state index < -0.39 is 0 Å². The predicted molar refractivity (Wildman–Crippen MR) is 167 cm³/mol. The second kappa shape index (κ2) is 16.3. The Balaban J connectivity index is 1.61. The highest BCUT2D eigenvalue weighted by atomic mass is 16.5. The molecule has 0 aromatic heterocycles. The number of hydrogen-bond donors (Lipinski definition) is 0. The number of esters is 1. The van der Waals surface area contributed by atoms with Crippen molar-refractivity contribution >= 4 is 5.97 Å². The van der Waals surface area contributed by atoms with Crippen LogP contribution >= 0.6 is 0 Å². The molecule has 2 atom stereocenters. The number of carbonyl (C=O) groups excluding carboxylic acids is 1. The second-order valence-electron chi connectivity index (χ2n) is 12.7. The predicted octanol–water partition coefficient (Wildman–Crippen LogP) is 8.73. The van der Waals surface area contributed by atoms with E-state index in [0.29, 0.717) is 38.6 Å². The fourth-order valence-corrected chi connectivity index (χ4v) is 5.62. The van der Waals surface area contributed by atoms with Crippen LogP contribution in [0.5, 0.6) is 5.75 Å². The minimum Gasteiger partial charge on any atom is -0.490 e. The zero-order chi connectivity index (χ0) is 29.7. The SMILES string of the molecule is COCCC(C)(C)OCCC(C)OC(=O)CCC(C)(c1ccc(C)cc1)c1ccc(OC2CCCCCCC2)cc1. The summed E-state index contributed by atoms with van der Waals surface area (Å²) in [5, 5.41) is 0. The molecule has 2 aromatic carbocycles. The lowest BCUT2D eigenvalue weighted by Gasteiger charge is -2.31. The summed E-state index contributed by atoms with van der Waals surface area (Å²) >= 11 is 0. The highest BCUT2D eigenvalue weighted by Crippen LogP contribution is 2.38. The van der Waals surface area contributed by atoms with Crippen LogP contribution in [-0.4, -0.2) is 44.1 Å². The maximum atomic E-state index is 12.9. The molecule has 5 nitrogen and oxygen atoms in total. The van der Waals surface area contributed by atoms with E-state index in [-0.39, 0.29) is 23.1 Å². The van der Waals surface area contributed by atoms with Crippen molar-refractivity contribution in [1.82, 2.24) is 0 Å². The third-order valence-corrected chi connectivity index (χ3v) is 8.62. The first kappa shape index (κ1) is 33.1. The van der Waals surface area contributed by atoms with Gasteiger partial charge in [-0.05, 0) is 89.5 Å². The van der Waals surface area contributed by atoms with Gasteiger partial charge in [0.25, 0.3) is 0 Å². The molecule has 0 amide bonds. The van der Waals surface area contributed by atoms with Crippen LogP contribution in [0.1, 0.15) is 115 Å². The highest BCUT2D eigenvalue weighted by molar-refractivity contribution is 5.70. The Bertz CT molecular complexity index is 1020. The summed E-state index contributed by atoms with van der Waals surface area (Å²) in [4.78, 5) is 12.9. The van der Waals surface area contributed by atoms with Gasteiger partial charge in [0.05, 0.1) is 18.3 Å². The van der Waals surface area contributed by atoms with Crippen molar-refractivity contribution in [2.24, 2.45) is 0 Å². The molecule has 0 heterocycles. The van der Waals surface area contributed by atoms with E-state index in [1.165, 1.54) is 48.8 Å². The Kier molecular flexibility index (Phi) is 13.2. The maximum Gasteiger partial charge on any atom is 0.306 e. The highest BCUT2D eigenvalue weighted by Gasteiger charge is 2.30. The molecule has 0 aliphatic heterocycles. The van der Waals surface area contributed by atoms with Gasteiger partial charge >= 0.3 is 5.97 Å². The van der Waals surface area contributed by atoms with Gasteiger partial charge < -0.3 is 18.9 Å². The molecule has 5 heteroatoms. The summed E-state index contributed by atoms with van der Waals surface area (Å²) in [6.07, 6.45) is 11.4. The van der Waals surface area contributed by atoms with Crippen LogP contribution in [0.2, 0.25) is 0 Å². The van der Waals surface area contributed by atoms with Crippen molar-refractivity contribution in [3.05, 3.63) is 65.2 Å². The van der Waals surface area contributed by atoms with Crippen LogP contribution in [0.4, 0.5) is 0 Å². The molecule has 41 heavy (non-hydrogen) atoms. The average Bonchev–Trinajstić information content (AvgIpc) is 2.92. The summed E-state index contributed by atoms with van der Waals surface area (Å²) in [6, 6.07) is 17.2. The van der Waals surface area contributed by atoms with Crippen molar-refractivity contribution in [2.45, 2.75) is 128 Å². The Labute approximate surface area is 249 Å². The van der Waals surface area contributed by atoms with E-state index in [1.54, 1.807) is 7.11 Å². The van der Waals surface area contributed by atoms with E-state index in [4.69, 9.17) is 18.9 Å². The second-order valence-corrected chi connectivity index (χ2v) is 12.7. The summed E-state index contributed by atoms with van der Waals surface area (Å²) in [5.41, 5.74) is 3.01. The van der Waals surface area contributed by atoms with Crippen molar-refractivity contribution in [1.29, 1.82) is 0 Å². The lowest BCUT2D eigenvalue weighted by Crippen LogP contribution is -2.29. The molecular weight excluding hydrogens is 512 g/mol. The Hall–Kier alpha value is -2.37. The van der Waals surface area contributed by atoms with Gasteiger partial charge in [-0.3, -0.25) is 4.79 Å². The summed E-state index contributed by atoms with van der Waals surface area (Å²) < 4.78 is 23.4. The fourth-order valence-electron chi connectivity index (χ4n) is 5.62. The molecule has 3 rings (SSSR count). The number of rotatable bonds is 15. The molecule has 0 spiro atoms. The van der Waals surface area contributed by atoms with Gasteiger partial charge in [0, 0.05) is 32.0 Å². The van der Waals surface area contributed by atoms with Gasteiger partial charge in [0.1, 0.15) is 11.9 Å². The number of carbonyl (C=O) groups is 1. The molecule has 1 fully saturated rings. The zero-order valence-electron chi connectivity index (χ0n) is 26.5. The third kappa shape index (κ3) is 11.1. The molecule has 1 aliphatic carbocycles. The first-order valence-corrected chi connectivity index (χ1v) is 15.8. The molecule has 2 aromatic rings. The van der Waals surface area contributed by atoms with E-state index >= 15 is 0 Å². The van der Waals surface area contributed by atoms with Gasteiger partial charge in [-0.15, -0.1) is 0 Å². The molecule has 2 unspecified atom stereocenters. The largest absolute Gasteiger partial charge is 0.490 e. The van der Waals surface area contributed by atoms with Crippen molar-refractivity contribution in [2.75, 3.05) is 20.3 Å². The molecule has 228 valence electrons. The van der Waals surface area contributed by atoms with Gasteiger partial charge in [0.15, 0.2) is 0 Å². The van der Waals surface area contributed by atoms with E-state index in [9.17, 15) is 4.79 Å². The van der Waals surface area contributed by atoms with E-state index in [0.717, 1.165) is 25.0 Å². The van der Waals surface area contributed by atoms with E-state index in [2.05, 4.69) is 76.2 Å². The quantitative estimate of drug-likeness (QED) is 0.202. The zero-order valence-corrected chi connectivity index (χ0v) is 26.5. The number of ether oxygens (including phenoxy) is 4. The minimum absolute atomic E-state index is 0.168. The number of benzene rings is 2. The van der Waals surface area contributed by atoms with Gasteiger partial charge in [-0.2, -0.15) is 0 Å². The summed E-state index contributed by atoms with van der Waals surface area (Å²) in [7, 11) is 1.70. The molecule has 0 radical (unpaired) electrons. The first-order chi connectivity index (χ1) is 19.6. The monoisotopic (exact) mass is 566 g/mol. The number of hydrogen-bond acceptors (Lipinski definition) is 5. The van der Waals surface area contributed by atoms with Crippen LogP contribution in [0.15, 0.2) is 48.5 Å². The van der Waals surface area contributed by atoms with Gasteiger partial charge in [-0.1, -0.05) is 68.1 Å². The lowest BCUT2D eigenvalue weighted by molar-refractivity contribution is -0.150. The Morgan fingerprint density at radius 2 is 1.44 bits per heavy atom. The molecule has 0 saturated heterocycles. The molecule has 1 saturated carbocycles. The van der Waals surface area contributed by atoms with Crippen molar-refractivity contribution in [3.8, 4) is 5.75 Å². The first-order valence-electron chi connectivity index (χ1n) is 15.8. The molecule has 1 aliphatic rings. The fraction of sp³-hybridized carbons (Fsp3) is 0.639.